The first-order chi connectivity index (χ1) is 11.0. The first-order valence-corrected chi connectivity index (χ1v) is 8.67. The lowest BCUT2D eigenvalue weighted by atomic mass is 10.0. The van der Waals surface area contributed by atoms with Crippen LogP contribution in [0.1, 0.15) is 39.8 Å². The molecule has 1 aromatic heterocycles. The van der Waals surface area contributed by atoms with E-state index in [0.717, 1.165) is 37.8 Å². The van der Waals surface area contributed by atoms with Crippen LogP contribution in [0.3, 0.4) is 0 Å². The summed E-state index contributed by atoms with van der Waals surface area (Å²) in [6, 6.07) is 2.54. The quantitative estimate of drug-likeness (QED) is 0.345. The van der Waals surface area contributed by atoms with E-state index in [0.29, 0.717) is 12.0 Å². The lowest BCUT2D eigenvalue weighted by Crippen LogP contribution is -2.47. The molecule has 0 aromatic carbocycles. The Morgan fingerprint density at radius 2 is 1.96 bits per heavy atom. The van der Waals surface area contributed by atoms with Crippen molar-refractivity contribution in [3.8, 4) is 0 Å². The van der Waals surface area contributed by atoms with Crippen molar-refractivity contribution in [3.05, 3.63) is 18.0 Å². The molecule has 0 aliphatic heterocycles. The molecule has 1 heterocycles. The van der Waals surface area contributed by atoms with Crippen molar-refractivity contribution in [3.63, 3.8) is 0 Å². The molecule has 0 radical (unpaired) electrons. The summed E-state index contributed by atoms with van der Waals surface area (Å²) in [7, 11) is 3.76. The second-order valence-corrected chi connectivity index (χ2v) is 6.26. The Hall–Kier alpha value is -0.830. The van der Waals surface area contributed by atoms with Gasteiger partial charge in [0.05, 0.1) is 12.2 Å². The molecular formula is C17H35IN6. The van der Waals surface area contributed by atoms with Crippen LogP contribution in [0.15, 0.2) is 17.3 Å². The van der Waals surface area contributed by atoms with Crippen LogP contribution >= 0.6 is 24.0 Å². The summed E-state index contributed by atoms with van der Waals surface area (Å²) in [5, 5.41) is 11.0. The average molecular weight is 450 g/mol. The lowest BCUT2D eigenvalue weighted by molar-refractivity contribution is 0.191. The van der Waals surface area contributed by atoms with E-state index in [4.69, 9.17) is 0 Å². The van der Waals surface area contributed by atoms with Gasteiger partial charge in [0.2, 0.25) is 0 Å². The fourth-order valence-electron chi connectivity index (χ4n) is 2.83. The Kier molecular flexibility index (Phi) is 12.1. The topological polar surface area (TPSA) is 57.5 Å². The number of guanidine groups is 1. The van der Waals surface area contributed by atoms with Gasteiger partial charge in [-0.2, -0.15) is 5.10 Å². The molecule has 7 heteroatoms. The molecule has 1 atom stereocenters. The molecule has 1 rings (SSSR count). The van der Waals surface area contributed by atoms with Gasteiger partial charge in [0, 0.05) is 32.9 Å². The minimum Gasteiger partial charge on any atom is -0.355 e. The van der Waals surface area contributed by atoms with E-state index in [-0.39, 0.29) is 24.0 Å². The minimum absolute atomic E-state index is 0. The minimum atomic E-state index is 0. The van der Waals surface area contributed by atoms with Crippen LogP contribution in [0.25, 0.3) is 0 Å². The Morgan fingerprint density at radius 1 is 1.29 bits per heavy atom. The van der Waals surface area contributed by atoms with Crippen molar-refractivity contribution in [2.75, 3.05) is 26.7 Å². The van der Waals surface area contributed by atoms with Crippen LogP contribution in [-0.2, 0) is 13.6 Å². The summed E-state index contributed by atoms with van der Waals surface area (Å²) >= 11 is 0. The van der Waals surface area contributed by atoms with Gasteiger partial charge in [0.1, 0.15) is 0 Å². The zero-order valence-electron chi connectivity index (χ0n) is 16.0. The molecule has 0 amide bonds. The van der Waals surface area contributed by atoms with Crippen LogP contribution in [-0.4, -0.2) is 53.4 Å². The summed E-state index contributed by atoms with van der Waals surface area (Å²) in [5.41, 5.74) is 1.13. The van der Waals surface area contributed by atoms with E-state index >= 15 is 0 Å². The van der Waals surface area contributed by atoms with Crippen molar-refractivity contribution < 1.29 is 0 Å². The molecule has 24 heavy (non-hydrogen) atoms. The van der Waals surface area contributed by atoms with Gasteiger partial charge in [0.25, 0.3) is 0 Å². The van der Waals surface area contributed by atoms with Crippen LogP contribution in [0.5, 0.6) is 0 Å². The highest BCUT2D eigenvalue weighted by Crippen LogP contribution is 2.10. The molecule has 0 aliphatic rings. The fourth-order valence-corrected chi connectivity index (χ4v) is 2.83. The van der Waals surface area contributed by atoms with Crippen molar-refractivity contribution >= 4 is 29.9 Å². The molecular weight excluding hydrogens is 415 g/mol. The molecule has 0 bridgehead atoms. The number of hydrogen-bond donors (Lipinski definition) is 2. The number of aryl methyl sites for hydroxylation is 1. The zero-order valence-corrected chi connectivity index (χ0v) is 18.4. The number of likely N-dealkylation sites (N-methyl/N-ethyl adjacent to an activating group) is 1. The highest BCUT2D eigenvalue weighted by Gasteiger charge is 2.17. The lowest BCUT2D eigenvalue weighted by Gasteiger charge is -2.31. The number of rotatable bonds is 9. The number of nitrogens with one attached hydrogen (secondary N) is 2. The Labute approximate surface area is 164 Å². The second kappa shape index (κ2) is 12.5. The van der Waals surface area contributed by atoms with Gasteiger partial charge in [-0.25, -0.2) is 0 Å². The number of halogens is 1. The zero-order chi connectivity index (χ0) is 17.2. The van der Waals surface area contributed by atoms with Gasteiger partial charge in [-0.15, -0.1) is 24.0 Å². The first-order valence-electron chi connectivity index (χ1n) is 8.67. The van der Waals surface area contributed by atoms with Gasteiger partial charge < -0.3 is 10.6 Å². The predicted octanol–water partition coefficient (Wildman–Crippen LogP) is 2.46. The summed E-state index contributed by atoms with van der Waals surface area (Å²) < 4.78 is 1.87. The summed E-state index contributed by atoms with van der Waals surface area (Å²) in [6.45, 7) is 12.8. The summed E-state index contributed by atoms with van der Waals surface area (Å²) in [6.07, 6.45) is 3.00. The van der Waals surface area contributed by atoms with E-state index in [2.05, 4.69) is 53.3 Å². The van der Waals surface area contributed by atoms with Gasteiger partial charge in [0.15, 0.2) is 5.96 Å². The third-order valence-corrected chi connectivity index (χ3v) is 4.16. The number of hydrogen-bond acceptors (Lipinski definition) is 3. The Bertz CT molecular complexity index is 467. The maximum atomic E-state index is 4.33. The van der Waals surface area contributed by atoms with E-state index in [1.54, 1.807) is 0 Å². The van der Waals surface area contributed by atoms with Crippen LogP contribution in [0.4, 0.5) is 0 Å². The number of nitrogens with zero attached hydrogens (tertiary/aromatic N) is 4. The van der Waals surface area contributed by atoms with E-state index in [1.165, 1.54) is 6.42 Å². The Morgan fingerprint density at radius 3 is 2.42 bits per heavy atom. The maximum Gasteiger partial charge on any atom is 0.191 e. The second-order valence-electron chi connectivity index (χ2n) is 6.26. The molecule has 2 N–H and O–H groups in total. The molecule has 1 aromatic rings. The molecule has 6 nitrogen and oxygen atoms in total. The van der Waals surface area contributed by atoms with Gasteiger partial charge in [-0.3, -0.25) is 14.6 Å². The molecule has 0 saturated heterocycles. The normalized spacial score (nSPS) is 13.1. The predicted molar refractivity (Wildman–Crippen MR) is 113 cm³/mol. The van der Waals surface area contributed by atoms with E-state index in [1.807, 2.05) is 31.0 Å². The molecule has 1 unspecified atom stereocenters. The SMILES string of the molecule is CCN(CC)C(CNC(=NC)NCc1ccnn1C)CC(C)C.I. The standard InChI is InChI=1S/C17H34N6.HI/c1-7-23(8-2)16(11-14(3)4)13-20-17(18-5)19-12-15-9-10-21-22(15)6;/h9-10,14,16H,7-8,11-13H2,1-6H3,(H2,18,19,20);1H. The molecule has 0 saturated carbocycles. The smallest absolute Gasteiger partial charge is 0.191 e. The molecule has 0 aliphatic carbocycles. The van der Waals surface area contributed by atoms with Crippen molar-refractivity contribution in [2.45, 2.75) is 46.7 Å². The van der Waals surface area contributed by atoms with Crippen molar-refractivity contribution in [2.24, 2.45) is 18.0 Å². The average Bonchev–Trinajstić information content (AvgIpc) is 2.93. The molecule has 0 spiro atoms. The third kappa shape index (κ3) is 7.83. The largest absolute Gasteiger partial charge is 0.355 e. The van der Waals surface area contributed by atoms with Crippen LogP contribution in [0.2, 0.25) is 0 Å². The van der Waals surface area contributed by atoms with E-state index < -0.39 is 0 Å². The highest BCUT2D eigenvalue weighted by atomic mass is 127. The van der Waals surface area contributed by atoms with Crippen LogP contribution < -0.4 is 10.6 Å². The molecule has 140 valence electrons. The van der Waals surface area contributed by atoms with Crippen LogP contribution in [0, 0.1) is 5.92 Å². The van der Waals surface area contributed by atoms with Gasteiger partial charge >= 0.3 is 0 Å². The molecule has 0 fully saturated rings. The third-order valence-electron chi connectivity index (χ3n) is 4.16. The summed E-state index contributed by atoms with van der Waals surface area (Å²) in [4.78, 5) is 6.84. The van der Waals surface area contributed by atoms with Crippen molar-refractivity contribution in [1.29, 1.82) is 0 Å². The van der Waals surface area contributed by atoms with E-state index in [9.17, 15) is 0 Å². The monoisotopic (exact) mass is 450 g/mol. The maximum absolute atomic E-state index is 4.33. The fraction of sp³-hybridized carbons (Fsp3) is 0.765. The first kappa shape index (κ1) is 23.2. The van der Waals surface area contributed by atoms with Crippen molar-refractivity contribution in [1.82, 2.24) is 25.3 Å². The number of aliphatic imine (C=N–C) groups is 1. The van der Waals surface area contributed by atoms with Gasteiger partial charge in [-0.05, 0) is 31.5 Å². The highest BCUT2D eigenvalue weighted by molar-refractivity contribution is 14.0. The Balaban J connectivity index is 0.00000529. The summed E-state index contributed by atoms with van der Waals surface area (Å²) in [5.74, 6) is 1.53. The number of aromatic nitrogens is 2. The van der Waals surface area contributed by atoms with Gasteiger partial charge in [-0.1, -0.05) is 27.7 Å².